The van der Waals surface area contributed by atoms with Gasteiger partial charge in [-0.3, -0.25) is 0 Å². The molecule has 2 unspecified atom stereocenters. The van der Waals surface area contributed by atoms with Crippen molar-refractivity contribution < 1.29 is 0 Å². The van der Waals surface area contributed by atoms with E-state index in [0.29, 0.717) is 0 Å². The van der Waals surface area contributed by atoms with Crippen LogP contribution in [0.15, 0.2) is 0 Å². The van der Waals surface area contributed by atoms with E-state index in [0.717, 1.165) is 18.0 Å². The minimum atomic E-state index is 0.720. The molecule has 1 heterocycles. The van der Waals surface area contributed by atoms with Gasteiger partial charge in [-0.25, -0.2) is 0 Å². The van der Waals surface area contributed by atoms with Crippen molar-refractivity contribution in [2.24, 2.45) is 5.92 Å². The zero-order valence-corrected chi connectivity index (χ0v) is 9.39. The highest BCUT2D eigenvalue weighted by atomic mass is 15.0. The van der Waals surface area contributed by atoms with Gasteiger partial charge in [0.05, 0.1) is 0 Å². The minimum absolute atomic E-state index is 0.720. The second-order valence-electron chi connectivity index (χ2n) is 5.03. The molecule has 1 saturated heterocycles. The summed E-state index contributed by atoms with van der Waals surface area (Å²) in [6.07, 6.45) is 8.48. The molecule has 2 fully saturated rings. The molecule has 2 aliphatic rings. The second kappa shape index (κ2) is 5.13. The van der Waals surface area contributed by atoms with Gasteiger partial charge in [0.2, 0.25) is 0 Å². The van der Waals surface area contributed by atoms with Crippen LogP contribution in [-0.2, 0) is 0 Å². The van der Waals surface area contributed by atoms with E-state index >= 15 is 0 Å². The molecular formula is C12H24N2. The molecule has 1 aliphatic heterocycles. The lowest BCUT2D eigenvalue weighted by Crippen LogP contribution is -2.44. The molecule has 2 heteroatoms. The lowest BCUT2D eigenvalue weighted by molar-refractivity contribution is 0.277. The van der Waals surface area contributed by atoms with Gasteiger partial charge < -0.3 is 10.6 Å². The van der Waals surface area contributed by atoms with Crippen LogP contribution in [0, 0.1) is 5.92 Å². The standard InChI is InChI=1S/C12H24N2/c1-10-11(5-4-8-13-10)9-14-12-6-2-3-7-12/h10-14H,2-9H2,1H3. The Labute approximate surface area is 87.8 Å². The molecule has 0 aromatic heterocycles. The summed E-state index contributed by atoms with van der Waals surface area (Å²) in [4.78, 5) is 0. The van der Waals surface area contributed by atoms with E-state index in [4.69, 9.17) is 0 Å². The van der Waals surface area contributed by atoms with Gasteiger partial charge in [0.15, 0.2) is 0 Å². The molecule has 0 radical (unpaired) electrons. The second-order valence-corrected chi connectivity index (χ2v) is 5.03. The zero-order valence-electron chi connectivity index (χ0n) is 9.39. The van der Waals surface area contributed by atoms with Crippen LogP contribution < -0.4 is 10.6 Å². The summed E-state index contributed by atoms with van der Waals surface area (Å²) in [6, 6.07) is 1.56. The summed E-state index contributed by atoms with van der Waals surface area (Å²) in [5, 5.41) is 7.31. The Hall–Kier alpha value is -0.0800. The number of rotatable bonds is 3. The van der Waals surface area contributed by atoms with Gasteiger partial charge in [0, 0.05) is 12.1 Å². The lowest BCUT2D eigenvalue weighted by Gasteiger charge is -2.31. The molecule has 0 spiro atoms. The Morgan fingerprint density at radius 2 is 1.93 bits per heavy atom. The summed E-state index contributed by atoms with van der Waals surface area (Å²) in [5.41, 5.74) is 0. The largest absolute Gasteiger partial charge is 0.314 e. The van der Waals surface area contributed by atoms with Crippen molar-refractivity contribution in [2.75, 3.05) is 13.1 Å². The van der Waals surface area contributed by atoms with Crippen LogP contribution in [0.3, 0.4) is 0 Å². The maximum absolute atomic E-state index is 3.74. The van der Waals surface area contributed by atoms with Crippen molar-refractivity contribution in [1.82, 2.24) is 10.6 Å². The molecule has 2 nitrogen and oxygen atoms in total. The van der Waals surface area contributed by atoms with E-state index in [-0.39, 0.29) is 0 Å². The number of piperidine rings is 1. The van der Waals surface area contributed by atoms with Gasteiger partial charge in [0.25, 0.3) is 0 Å². The monoisotopic (exact) mass is 196 g/mol. The van der Waals surface area contributed by atoms with Crippen LogP contribution in [0.4, 0.5) is 0 Å². The highest BCUT2D eigenvalue weighted by molar-refractivity contribution is 4.82. The van der Waals surface area contributed by atoms with Crippen LogP contribution in [0.25, 0.3) is 0 Å². The Morgan fingerprint density at radius 3 is 2.64 bits per heavy atom. The average Bonchev–Trinajstić information content (AvgIpc) is 2.69. The molecule has 82 valence electrons. The maximum Gasteiger partial charge on any atom is 0.00791 e. The third-order valence-corrected chi connectivity index (χ3v) is 3.95. The number of hydrogen-bond donors (Lipinski definition) is 2. The maximum atomic E-state index is 3.74. The van der Waals surface area contributed by atoms with Crippen molar-refractivity contribution in [3.05, 3.63) is 0 Å². The molecule has 1 saturated carbocycles. The molecule has 14 heavy (non-hydrogen) atoms. The van der Waals surface area contributed by atoms with Gasteiger partial charge in [0.1, 0.15) is 0 Å². The molecule has 0 amide bonds. The summed E-state index contributed by atoms with van der Waals surface area (Å²) < 4.78 is 0. The molecule has 0 aromatic rings. The molecule has 0 bridgehead atoms. The van der Waals surface area contributed by atoms with Crippen molar-refractivity contribution in [3.63, 3.8) is 0 Å². The van der Waals surface area contributed by atoms with E-state index in [9.17, 15) is 0 Å². The fraction of sp³-hybridized carbons (Fsp3) is 1.00. The molecule has 2 N–H and O–H groups in total. The highest BCUT2D eigenvalue weighted by Gasteiger charge is 2.22. The van der Waals surface area contributed by atoms with Gasteiger partial charge in [-0.1, -0.05) is 12.8 Å². The van der Waals surface area contributed by atoms with E-state index in [1.54, 1.807) is 0 Å². The average molecular weight is 196 g/mol. The zero-order chi connectivity index (χ0) is 9.80. The molecule has 1 aliphatic carbocycles. The first kappa shape index (κ1) is 10.4. The van der Waals surface area contributed by atoms with Gasteiger partial charge >= 0.3 is 0 Å². The fourth-order valence-electron chi connectivity index (χ4n) is 2.84. The van der Waals surface area contributed by atoms with E-state index < -0.39 is 0 Å². The van der Waals surface area contributed by atoms with E-state index in [1.165, 1.54) is 51.6 Å². The van der Waals surface area contributed by atoms with Crippen molar-refractivity contribution in [2.45, 2.75) is 57.5 Å². The Morgan fingerprint density at radius 1 is 1.14 bits per heavy atom. The predicted octanol–water partition coefficient (Wildman–Crippen LogP) is 1.91. The Kier molecular flexibility index (Phi) is 3.82. The summed E-state index contributed by atoms with van der Waals surface area (Å²) in [7, 11) is 0. The van der Waals surface area contributed by atoms with Crippen LogP contribution in [0.1, 0.15) is 45.4 Å². The Balaban J connectivity index is 1.67. The van der Waals surface area contributed by atoms with Crippen LogP contribution in [-0.4, -0.2) is 25.2 Å². The van der Waals surface area contributed by atoms with Crippen LogP contribution >= 0.6 is 0 Å². The fourth-order valence-corrected chi connectivity index (χ4v) is 2.84. The van der Waals surface area contributed by atoms with E-state index in [2.05, 4.69) is 17.6 Å². The van der Waals surface area contributed by atoms with Gasteiger partial charge in [-0.15, -0.1) is 0 Å². The minimum Gasteiger partial charge on any atom is -0.314 e. The third kappa shape index (κ3) is 2.71. The highest BCUT2D eigenvalue weighted by Crippen LogP contribution is 2.20. The van der Waals surface area contributed by atoms with Crippen molar-refractivity contribution in [1.29, 1.82) is 0 Å². The first-order chi connectivity index (χ1) is 6.86. The molecule has 2 rings (SSSR count). The summed E-state index contributed by atoms with van der Waals surface area (Å²) >= 11 is 0. The van der Waals surface area contributed by atoms with Crippen LogP contribution in [0.5, 0.6) is 0 Å². The van der Waals surface area contributed by atoms with Crippen LogP contribution in [0.2, 0.25) is 0 Å². The normalized spacial score (nSPS) is 34.9. The van der Waals surface area contributed by atoms with E-state index in [1.807, 2.05) is 0 Å². The smallest absolute Gasteiger partial charge is 0.00791 e. The quantitative estimate of drug-likeness (QED) is 0.720. The summed E-state index contributed by atoms with van der Waals surface area (Å²) in [5.74, 6) is 0.865. The first-order valence-electron chi connectivity index (χ1n) is 6.33. The van der Waals surface area contributed by atoms with Gasteiger partial charge in [-0.05, 0) is 51.6 Å². The van der Waals surface area contributed by atoms with Crippen molar-refractivity contribution >= 4 is 0 Å². The molecular weight excluding hydrogens is 172 g/mol. The topological polar surface area (TPSA) is 24.1 Å². The number of hydrogen-bond acceptors (Lipinski definition) is 2. The van der Waals surface area contributed by atoms with Gasteiger partial charge in [-0.2, -0.15) is 0 Å². The molecule has 2 atom stereocenters. The van der Waals surface area contributed by atoms with Crippen molar-refractivity contribution in [3.8, 4) is 0 Å². The summed E-state index contributed by atoms with van der Waals surface area (Å²) in [6.45, 7) is 4.79. The lowest BCUT2D eigenvalue weighted by atomic mass is 9.92. The first-order valence-corrected chi connectivity index (χ1v) is 6.33. The Bertz CT molecular complexity index is 164. The SMILES string of the molecule is CC1NCCCC1CNC1CCCC1. The third-order valence-electron chi connectivity index (χ3n) is 3.95. The number of nitrogens with one attached hydrogen (secondary N) is 2. The molecule has 0 aromatic carbocycles. The predicted molar refractivity (Wildman–Crippen MR) is 60.4 cm³/mol.